The average molecular weight is 589 g/mol. The monoisotopic (exact) mass is 588 g/mol. The van der Waals surface area contributed by atoms with Crippen LogP contribution in [0, 0.1) is 11.8 Å². The smallest absolute Gasteiger partial charge is 0.310 e. The van der Waals surface area contributed by atoms with E-state index in [0.717, 1.165) is 61.6 Å². The van der Waals surface area contributed by atoms with Gasteiger partial charge in [-0.1, -0.05) is 12.1 Å². The molecule has 0 radical (unpaired) electrons. The Hall–Kier alpha value is -4.15. The van der Waals surface area contributed by atoms with E-state index in [9.17, 15) is 9.90 Å². The molecule has 2 fully saturated rings. The second-order valence-corrected chi connectivity index (χ2v) is 11.4. The summed E-state index contributed by atoms with van der Waals surface area (Å²) in [5.41, 5.74) is 4.95. The van der Waals surface area contributed by atoms with Gasteiger partial charge in [0.1, 0.15) is 0 Å². The van der Waals surface area contributed by atoms with Crippen LogP contribution in [0.2, 0.25) is 0 Å². The number of carbonyl (C=O) groups is 1. The third-order valence-corrected chi connectivity index (χ3v) is 9.12. The van der Waals surface area contributed by atoms with Crippen molar-refractivity contribution in [1.82, 2.24) is 4.90 Å². The van der Waals surface area contributed by atoms with Crippen molar-refractivity contribution in [1.29, 1.82) is 0 Å². The Morgan fingerprint density at radius 1 is 0.953 bits per heavy atom. The molecule has 0 saturated carbocycles. The fourth-order valence-electron chi connectivity index (χ4n) is 6.95. The lowest BCUT2D eigenvalue weighted by Crippen LogP contribution is -2.38. The molecule has 4 aliphatic rings. The Bertz CT molecular complexity index is 1500. The first-order chi connectivity index (χ1) is 21.0. The minimum atomic E-state index is -0.478. The minimum absolute atomic E-state index is 0.0888. The number of rotatable bonds is 8. The van der Waals surface area contributed by atoms with Gasteiger partial charge in [0.25, 0.3) is 0 Å². The third kappa shape index (κ3) is 5.08. The predicted octanol–water partition coefficient (Wildman–Crippen LogP) is 4.10. The molecule has 2 N–H and O–H groups in total. The number of fused-ring (bicyclic) bond motifs is 3. The third-order valence-electron chi connectivity index (χ3n) is 9.12. The van der Waals surface area contributed by atoms with Crippen LogP contribution in [0.3, 0.4) is 0 Å². The molecule has 3 aromatic rings. The average Bonchev–Trinajstić information content (AvgIpc) is 3.66. The Labute approximate surface area is 250 Å². The highest BCUT2D eigenvalue weighted by molar-refractivity contribution is 5.79. The molecule has 0 aromatic heterocycles. The van der Waals surface area contributed by atoms with E-state index >= 15 is 0 Å². The minimum Gasteiger partial charge on any atom is -0.502 e. The highest BCUT2D eigenvalue weighted by Crippen LogP contribution is 2.56. The molecule has 3 aromatic carbocycles. The number of methoxy groups -OCH3 is 2. The first-order valence-corrected chi connectivity index (χ1v) is 14.7. The number of phenols is 1. The Kier molecular flexibility index (Phi) is 7.40. The molecular formula is C33H36N2O8. The van der Waals surface area contributed by atoms with Crippen LogP contribution >= 0.6 is 0 Å². The van der Waals surface area contributed by atoms with Crippen LogP contribution in [0.25, 0.3) is 0 Å². The number of benzene rings is 3. The van der Waals surface area contributed by atoms with Crippen molar-refractivity contribution in [2.45, 2.75) is 18.4 Å². The number of nitrogens with zero attached hydrogens (tertiary/aromatic N) is 1. The van der Waals surface area contributed by atoms with Crippen LogP contribution in [0.15, 0.2) is 48.5 Å². The number of phenolic OH excluding ortho intramolecular Hbond substituents is 1. The zero-order valence-electron chi connectivity index (χ0n) is 24.3. The SMILES string of the molecule is COc1cc([C@@H]2c3cc4c(cc3[C@@H](Nc3cccc(CCN5CCOCC5)c3)[C@H]3COC(=O)[C@H]23)OCO4)cc(OC)c1O. The van der Waals surface area contributed by atoms with Crippen LogP contribution in [0.4, 0.5) is 5.69 Å². The van der Waals surface area contributed by atoms with Crippen LogP contribution in [0.5, 0.6) is 28.7 Å². The van der Waals surface area contributed by atoms with Gasteiger partial charge in [-0.05, 0) is 65.1 Å². The largest absolute Gasteiger partial charge is 0.502 e. The number of carbonyl (C=O) groups excluding carboxylic acids is 1. The Morgan fingerprint density at radius 2 is 1.67 bits per heavy atom. The number of hydrogen-bond acceptors (Lipinski definition) is 10. The molecular weight excluding hydrogens is 552 g/mol. The zero-order chi connectivity index (χ0) is 29.5. The van der Waals surface area contributed by atoms with E-state index in [4.69, 9.17) is 28.4 Å². The fraction of sp³-hybridized carbons (Fsp3) is 0.424. The van der Waals surface area contributed by atoms with E-state index in [0.29, 0.717) is 11.5 Å². The van der Waals surface area contributed by atoms with E-state index in [1.165, 1.54) is 19.8 Å². The van der Waals surface area contributed by atoms with Crippen molar-refractivity contribution >= 4 is 11.7 Å². The molecule has 10 heteroatoms. The van der Waals surface area contributed by atoms with Gasteiger partial charge < -0.3 is 38.8 Å². The molecule has 0 bridgehead atoms. The van der Waals surface area contributed by atoms with E-state index in [1.807, 2.05) is 12.1 Å². The summed E-state index contributed by atoms with van der Waals surface area (Å²) in [6.07, 6.45) is 0.940. The first-order valence-electron chi connectivity index (χ1n) is 14.7. The first kappa shape index (κ1) is 27.7. The highest BCUT2D eigenvalue weighted by atomic mass is 16.7. The topological polar surface area (TPSA) is 108 Å². The van der Waals surface area contributed by atoms with Gasteiger partial charge in [-0.15, -0.1) is 0 Å². The van der Waals surface area contributed by atoms with E-state index < -0.39 is 5.92 Å². The summed E-state index contributed by atoms with van der Waals surface area (Å²) in [4.78, 5) is 15.9. The van der Waals surface area contributed by atoms with Gasteiger partial charge in [-0.2, -0.15) is 0 Å². The Morgan fingerprint density at radius 3 is 2.40 bits per heavy atom. The maximum absolute atomic E-state index is 13.5. The Balaban J connectivity index is 1.27. The summed E-state index contributed by atoms with van der Waals surface area (Å²) in [6, 6.07) is 15.8. The summed E-state index contributed by atoms with van der Waals surface area (Å²) in [7, 11) is 2.99. The van der Waals surface area contributed by atoms with Gasteiger partial charge in [0.15, 0.2) is 23.0 Å². The maximum atomic E-state index is 13.5. The number of esters is 1. The second-order valence-electron chi connectivity index (χ2n) is 11.4. The van der Waals surface area contributed by atoms with Crippen LogP contribution in [-0.4, -0.2) is 76.4 Å². The van der Waals surface area contributed by atoms with Gasteiger partial charge in [0.2, 0.25) is 12.5 Å². The normalized spacial score (nSPS) is 24.2. The maximum Gasteiger partial charge on any atom is 0.310 e. The van der Waals surface area contributed by atoms with Crippen molar-refractivity contribution in [2.75, 3.05) is 65.8 Å². The number of cyclic esters (lactones) is 1. The number of morpholine rings is 1. The summed E-state index contributed by atoms with van der Waals surface area (Å²) < 4.78 is 33.8. The summed E-state index contributed by atoms with van der Waals surface area (Å²) in [5, 5.41) is 14.4. The van der Waals surface area contributed by atoms with Crippen molar-refractivity contribution in [3.63, 3.8) is 0 Å². The molecule has 2 saturated heterocycles. The molecule has 7 rings (SSSR count). The molecule has 1 aliphatic carbocycles. The zero-order valence-corrected chi connectivity index (χ0v) is 24.3. The number of ether oxygens (including phenoxy) is 6. The molecule has 3 heterocycles. The van der Waals surface area contributed by atoms with Crippen molar-refractivity contribution in [3.8, 4) is 28.7 Å². The van der Waals surface area contributed by atoms with Gasteiger partial charge in [-0.3, -0.25) is 9.69 Å². The lowest BCUT2D eigenvalue weighted by molar-refractivity contribution is -0.141. The molecule has 226 valence electrons. The highest BCUT2D eigenvalue weighted by Gasteiger charge is 2.52. The summed E-state index contributed by atoms with van der Waals surface area (Å²) in [5.74, 6) is 0.489. The molecule has 0 spiro atoms. The summed E-state index contributed by atoms with van der Waals surface area (Å²) in [6.45, 7) is 4.91. The van der Waals surface area contributed by atoms with Crippen LogP contribution in [0.1, 0.15) is 34.2 Å². The van der Waals surface area contributed by atoms with Crippen molar-refractivity contribution < 1.29 is 38.3 Å². The summed E-state index contributed by atoms with van der Waals surface area (Å²) >= 11 is 0. The molecule has 3 aliphatic heterocycles. The van der Waals surface area contributed by atoms with Crippen LogP contribution in [-0.2, 0) is 20.7 Å². The van der Waals surface area contributed by atoms with Gasteiger partial charge >= 0.3 is 5.97 Å². The van der Waals surface area contributed by atoms with Crippen LogP contribution < -0.4 is 24.3 Å². The molecule has 4 atom stereocenters. The molecule has 10 nitrogen and oxygen atoms in total. The molecule has 43 heavy (non-hydrogen) atoms. The number of nitrogens with one attached hydrogen (secondary N) is 1. The number of aromatic hydroxyl groups is 1. The second kappa shape index (κ2) is 11.5. The van der Waals surface area contributed by atoms with Gasteiger partial charge in [0, 0.05) is 37.2 Å². The standard InChI is InChI=1S/C33H36N2O8/c1-38-27-13-20(14-28(39-2)32(27)36)29-22-15-25-26(43-18-42-25)16-23(22)31(24-17-41-33(37)30(24)29)34-21-5-3-4-19(12-21)6-7-35-8-10-40-11-9-35/h3-5,12-16,24,29-31,34,36H,6-11,17-18H2,1-2H3/t24-,29+,30-,31+/m0/s1. The van der Waals surface area contributed by atoms with Gasteiger partial charge in [-0.25, -0.2) is 0 Å². The lowest BCUT2D eigenvalue weighted by atomic mass is 9.65. The van der Waals surface area contributed by atoms with E-state index in [2.05, 4.69) is 34.5 Å². The lowest BCUT2D eigenvalue weighted by Gasteiger charge is -2.40. The molecule has 0 unspecified atom stereocenters. The van der Waals surface area contributed by atoms with E-state index in [1.54, 1.807) is 12.1 Å². The number of hydrogen-bond donors (Lipinski definition) is 2. The molecule has 0 amide bonds. The van der Waals surface area contributed by atoms with Crippen molar-refractivity contribution in [2.24, 2.45) is 11.8 Å². The van der Waals surface area contributed by atoms with Gasteiger partial charge in [0.05, 0.1) is 46.0 Å². The number of anilines is 1. The van der Waals surface area contributed by atoms with E-state index in [-0.39, 0.29) is 54.5 Å². The van der Waals surface area contributed by atoms with Crippen molar-refractivity contribution in [3.05, 3.63) is 70.8 Å². The quantitative estimate of drug-likeness (QED) is 0.374. The predicted molar refractivity (Wildman–Crippen MR) is 157 cm³/mol. The fourth-order valence-corrected chi connectivity index (χ4v) is 6.95.